The average molecular weight is 207 g/mol. The van der Waals surface area contributed by atoms with Gasteiger partial charge in [0.15, 0.2) is 0 Å². The SMILES string of the molecule is O=C(O)C1CCCCN(CC(F)F)C1. The first-order valence-electron chi connectivity index (χ1n) is 4.83. The summed E-state index contributed by atoms with van der Waals surface area (Å²) in [5, 5.41) is 8.80. The molecular weight excluding hydrogens is 192 g/mol. The van der Waals surface area contributed by atoms with Crippen molar-refractivity contribution in [3.05, 3.63) is 0 Å². The number of nitrogens with zero attached hydrogens (tertiary/aromatic N) is 1. The molecule has 1 unspecified atom stereocenters. The fourth-order valence-corrected chi connectivity index (χ4v) is 1.78. The number of hydrogen-bond donors (Lipinski definition) is 1. The molecule has 82 valence electrons. The zero-order valence-electron chi connectivity index (χ0n) is 7.96. The fourth-order valence-electron chi connectivity index (χ4n) is 1.78. The zero-order chi connectivity index (χ0) is 10.6. The number of rotatable bonds is 3. The van der Waals surface area contributed by atoms with Crippen LogP contribution in [0.2, 0.25) is 0 Å². The van der Waals surface area contributed by atoms with Gasteiger partial charge in [0.25, 0.3) is 6.43 Å². The van der Waals surface area contributed by atoms with E-state index >= 15 is 0 Å². The topological polar surface area (TPSA) is 40.5 Å². The Kier molecular flexibility index (Phi) is 4.25. The quantitative estimate of drug-likeness (QED) is 0.761. The van der Waals surface area contributed by atoms with E-state index in [9.17, 15) is 13.6 Å². The first kappa shape index (κ1) is 11.4. The maximum Gasteiger partial charge on any atom is 0.307 e. The van der Waals surface area contributed by atoms with Crippen LogP contribution in [0.5, 0.6) is 0 Å². The molecule has 0 bridgehead atoms. The molecule has 3 nitrogen and oxygen atoms in total. The van der Waals surface area contributed by atoms with Gasteiger partial charge in [-0.2, -0.15) is 0 Å². The molecule has 0 spiro atoms. The number of alkyl halides is 2. The van der Waals surface area contributed by atoms with Crippen molar-refractivity contribution in [2.45, 2.75) is 25.7 Å². The van der Waals surface area contributed by atoms with Gasteiger partial charge in [-0.3, -0.25) is 9.69 Å². The normalized spacial score (nSPS) is 24.9. The standard InChI is InChI=1S/C9H15F2NO2/c10-8(11)6-12-4-2-1-3-7(5-12)9(13)14/h7-8H,1-6H2,(H,13,14). The molecule has 5 heteroatoms. The van der Waals surface area contributed by atoms with Gasteiger partial charge < -0.3 is 5.11 Å². The molecular formula is C9H15F2NO2. The molecule has 1 heterocycles. The maximum atomic E-state index is 12.1. The predicted octanol–water partition coefficient (Wildman–Crippen LogP) is 1.44. The van der Waals surface area contributed by atoms with Gasteiger partial charge in [0, 0.05) is 6.54 Å². The number of aliphatic carboxylic acids is 1. The van der Waals surface area contributed by atoms with Crippen LogP contribution in [0.3, 0.4) is 0 Å². The Bertz CT molecular complexity index is 199. The molecule has 1 aliphatic heterocycles. The van der Waals surface area contributed by atoms with Gasteiger partial charge in [-0.15, -0.1) is 0 Å². The van der Waals surface area contributed by atoms with Gasteiger partial charge in [-0.1, -0.05) is 6.42 Å². The number of likely N-dealkylation sites (tertiary alicyclic amines) is 1. The summed E-state index contributed by atoms with van der Waals surface area (Å²) in [4.78, 5) is 12.3. The van der Waals surface area contributed by atoms with Gasteiger partial charge in [0.1, 0.15) is 0 Å². The van der Waals surface area contributed by atoms with Crippen LogP contribution in [0.25, 0.3) is 0 Å². The highest BCUT2D eigenvalue weighted by atomic mass is 19.3. The second-order valence-electron chi connectivity index (χ2n) is 3.68. The number of hydrogen-bond acceptors (Lipinski definition) is 2. The number of carbonyl (C=O) groups is 1. The van der Waals surface area contributed by atoms with Gasteiger partial charge >= 0.3 is 5.97 Å². The van der Waals surface area contributed by atoms with E-state index in [1.165, 1.54) is 0 Å². The van der Waals surface area contributed by atoms with E-state index in [4.69, 9.17) is 5.11 Å². The van der Waals surface area contributed by atoms with Crippen molar-refractivity contribution in [1.82, 2.24) is 4.90 Å². The lowest BCUT2D eigenvalue weighted by molar-refractivity contribution is -0.142. The van der Waals surface area contributed by atoms with Crippen molar-refractivity contribution < 1.29 is 18.7 Å². The summed E-state index contributed by atoms with van der Waals surface area (Å²) in [5.74, 6) is -1.34. The molecule has 1 saturated heterocycles. The van der Waals surface area contributed by atoms with E-state index in [0.29, 0.717) is 13.0 Å². The van der Waals surface area contributed by atoms with E-state index in [1.54, 1.807) is 4.90 Å². The average Bonchev–Trinajstić information content (AvgIpc) is 2.28. The van der Waals surface area contributed by atoms with Crippen molar-refractivity contribution in [3.63, 3.8) is 0 Å². The highest BCUT2D eigenvalue weighted by Gasteiger charge is 2.24. The van der Waals surface area contributed by atoms with E-state index in [0.717, 1.165) is 12.8 Å². The zero-order valence-corrected chi connectivity index (χ0v) is 7.96. The smallest absolute Gasteiger partial charge is 0.307 e. The molecule has 0 aliphatic carbocycles. The first-order chi connectivity index (χ1) is 6.59. The number of carboxylic acid groups (broad SMARTS) is 1. The minimum absolute atomic E-state index is 0.264. The molecule has 0 radical (unpaired) electrons. The van der Waals surface area contributed by atoms with Crippen LogP contribution in [0.4, 0.5) is 8.78 Å². The molecule has 0 amide bonds. The van der Waals surface area contributed by atoms with Crippen LogP contribution >= 0.6 is 0 Å². The van der Waals surface area contributed by atoms with Crippen LogP contribution in [-0.4, -0.2) is 42.0 Å². The molecule has 1 rings (SSSR count). The van der Waals surface area contributed by atoms with Crippen molar-refractivity contribution in [3.8, 4) is 0 Å². The lowest BCUT2D eigenvalue weighted by Crippen LogP contribution is -2.35. The molecule has 1 atom stereocenters. The highest BCUT2D eigenvalue weighted by molar-refractivity contribution is 5.70. The van der Waals surface area contributed by atoms with E-state index in [-0.39, 0.29) is 13.1 Å². The summed E-state index contributed by atoms with van der Waals surface area (Å²) in [6.45, 7) is 0.553. The third-order valence-corrected chi connectivity index (χ3v) is 2.50. The van der Waals surface area contributed by atoms with Crippen molar-refractivity contribution >= 4 is 5.97 Å². The Morgan fingerprint density at radius 3 is 2.79 bits per heavy atom. The first-order valence-corrected chi connectivity index (χ1v) is 4.83. The summed E-state index contributed by atoms with van der Waals surface area (Å²) in [5.41, 5.74) is 0. The fraction of sp³-hybridized carbons (Fsp3) is 0.889. The van der Waals surface area contributed by atoms with E-state index in [2.05, 4.69) is 0 Å². The molecule has 1 fully saturated rings. The Hall–Kier alpha value is -0.710. The minimum Gasteiger partial charge on any atom is -0.481 e. The third-order valence-electron chi connectivity index (χ3n) is 2.50. The van der Waals surface area contributed by atoms with Gasteiger partial charge in [0.05, 0.1) is 12.5 Å². The second kappa shape index (κ2) is 5.24. The van der Waals surface area contributed by atoms with Crippen LogP contribution in [-0.2, 0) is 4.79 Å². The van der Waals surface area contributed by atoms with Gasteiger partial charge in [-0.25, -0.2) is 8.78 Å². The lowest BCUT2D eigenvalue weighted by atomic mass is 10.0. The number of halogens is 2. The number of carboxylic acids is 1. The summed E-state index contributed by atoms with van der Waals surface area (Å²) in [6.07, 6.45) is -0.134. The summed E-state index contributed by atoms with van der Waals surface area (Å²) >= 11 is 0. The van der Waals surface area contributed by atoms with Crippen LogP contribution < -0.4 is 0 Å². The highest BCUT2D eigenvalue weighted by Crippen LogP contribution is 2.17. The minimum atomic E-state index is -2.37. The molecule has 1 aliphatic rings. The van der Waals surface area contributed by atoms with Gasteiger partial charge in [0.2, 0.25) is 0 Å². The van der Waals surface area contributed by atoms with Crippen molar-refractivity contribution in [2.75, 3.05) is 19.6 Å². The summed E-state index contributed by atoms with van der Waals surface area (Å²) in [7, 11) is 0. The van der Waals surface area contributed by atoms with Crippen molar-refractivity contribution in [1.29, 1.82) is 0 Å². The lowest BCUT2D eigenvalue weighted by Gasteiger charge is -2.21. The summed E-state index contributed by atoms with van der Waals surface area (Å²) in [6, 6.07) is 0. The van der Waals surface area contributed by atoms with E-state index < -0.39 is 18.3 Å². The molecule has 0 aromatic carbocycles. The molecule has 14 heavy (non-hydrogen) atoms. The monoisotopic (exact) mass is 207 g/mol. The third kappa shape index (κ3) is 3.57. The van der Waals surface area contributed by atoms with Crippen molar-refractivity contribution in [2.24, 2.45) is 5.92 Å². The Morgan fingerprint density at radius 2 is 2.21 bits per heavy atom. The van der Waals surface area contributed by atoms with E-state index in [1.807, 2.05) is 0 Å². The van der Waals surface area contributed by atoms with Gasteiger partial charge in [-0.05, 0) is 19.4 Å². The maximum absolute atomic E-state index is 12.1. The Balaban J connectivity index is 2.47. The Labute approximate surface area is 81.7 Å². The molecule has 1 N–H and O–H groups in total. The predicted molar refractivity (Wildman–Crippen MR) is 47.4 cm³/mol. The van der Waals surface area contributed by atoms with Crippen LogP contribution in [0.15, 0.2) is 0 Å². The second-order valence-corrected chi connectivity index (χ2v) is 3.68. The largest absolute Gasteiger partial charge is 0.481 e. The van der Waals surface area contributed by atoms with Crippen LogP contribution in [0.1, 0.15) is 19.3 Å². The summed E-state index contributed by atoms with van der Waals surface area (Å²) < 4.78 is 24.2. The Morgan fingerprint density at radius 1 is 1.50 bits per heavy atom. The molecule has 0 saturated carbocycles. The molecule has 0 aromatic heterocycles. The van der Waals surface area contributed by atoms with Crippen LogP contribution in [0, 0.1) is 5.92 Å². The molecule has 0 aromatic rings.